The molecule has 0 spiro atoms. The third kappa shape index (κ3) is 7.74. The van der Waals surface area contributed by atoms with Crippen LogP contribution in [0.4, 0.5) is 36.4 Å². The topological polar surface area (TPSA) is 35.6 Å². The number of nitrogens with one attached hydrogen (secondary N) is 1. The molecule has 1 aliphatic heterocycles. The summed E-state index contributed by atoms with van der Waals surface area (Å²) in [4.78, 5) is 15.3. The molecule has 0 aromatic heterocycles. The zero-order valence-corrected chi connectivity index (χ0v) is 18.8. The molecule has 0 atom stereocenters. The van der Waals surface area contributed by atoms with Crippen molar-refractivity contribution in [3.05, 3.63) is 29.6 Å². The Balaban J connectivity index is 1.34. The second kappa shape index (κ2) is 11.1. The van der Waals surface area contributed by atoms with Gasteiger partial charge in [-0.3, -0.25) is 9.69 Å². The van der Waals surface area contributed by atoms with Crippen molar-refractivity contribution < 1.29 is 35.5 Å². The van der Waals surface area contributed by atoms with Crippen molar-refractivity contribution in [3.8, 4) is 0 Å². The van der Waals surface area contributed by atoms with Gasteiger partial charge in [0.15, 0.2) is 5.82 Å². The highest BCUT2D eigenvalue weighted by molar-refractivity contribution is 5.76. The number of nitrogens with zero attached hydrogens (tertiary/aromatic N) is 2. The van der Waals surface area contributed by atoms with E-state index < -0.39 is 36.1 Å². The molecule has 0 unspecified atom stereocenters. The van der Waals surface area contributed by atoms with Gasteiger partial charge in [-0.15, -0.1) is 0 Å². The van der Waals surface area contributed by atoms with Gasteiger partial charge in [0.25, 0.3) is 0 Å². The fourth-order valence-electron chi connectivity index (χ4n) is 4.86. The summed E-state index contributed by atoms with van der Waals surface area (Å²) in [6.07, 6.45) is -5.67. The Bertz CT molecular complexity index is 812. The van der Waals surface area contributed by atoms with E-state index in [0.29, 0.717) is 44.9 Å². The Labute approximate surface area is 194 Å². The van der Waals surface area contributed by atoms with Crippen molar-refractivity contribution in [3.63, 3.8) is 0 Å². The fourth-order valence-corrected chi connectivity index (χ4v) is 4.86. The Morgan fingerprint density at radius 3 is 2.21 bits per heavy atom. The van der Waals surface area contributed by atoms with Crippen LogP contribution < -0.4 is 10.2 Å². The van der Waals surface area contributed by atoms with Gasteiger partial charge in [-0.2, -0.15) is 26.3 Å². The van der Waals surface area contributed by atoms with Gasteiger partial charge in [0.2, 0.25) is 5.91 Å². The molecule has 4 nitrogen and oxygen atoms in total. The molecule has 0 radical (unpaired) electrons. The smallest absolute Gasteiger partial charge is 0.367 e. The molecule has 1 N–H and O–H groups in total. The zero-order valence-electron chi connectivity index (χ0n) is 18.8. The van der Waals surface area contributed by atoms with E-state index >= 15 is 0 Å². The van der Waals surface area contributed by atoms with Gasteiger partial charge in [0, 0.05) is 32.2 Å². The van der Waals surface area contributed by atoms with E-state index in [9.17, 15) is 35.5 Å². The summed E-state index contributed by atoms with van der Waals surface area (Å²) in [6.45, 7) is 2.99. The van der Waals surface area contributed by atoms with Crippen LogP contribution in [-0.4, -0.2) is 55.7 Å². The number of carbonyl (C=O) groups excluding carboxylic acids is 1. The van der Waals surface area contributed by atoms with Crippen LogP contribution in [0.25, 0.3) is 0 Å². The maximum atomic E-state index is 14.4. The minimum Gasteiger partial charge on any atom is -0.367 e. The minimum atomic E-state index is -4.73. The molecule has 1 aliphatic carbocycles. The predicted molar refractivity (Wildman–Crippen MR) is 114 cm³/mol. The number of alkyl halides is 6. The lowest BCUT2D eigenvalue weighted by Gasteiger charge is -2.37. The minimum absolute atomic E-state index is 0.0199. The lowest BCUT2D eigenvalue weighted by molar-refractivity contribution is -0.154. The number of hydrogen-bond donors (Lipinski definition) is 1. The number of anilines is 1. The second-order valence-corrected chi connectivity index (χ2v) is 9.18. The first-order valence-electron chi connectivity index (χ1n) is 11.6. The van der Waals surface area contributed by atoms with Crippen LogP contribution in [0.5, 0.6) is 0 Å². The van der Waals surface area contributed by atoms with Crippen LogP contribution in [-0.2, 0) is 11.0 Å². The maximum Gasteiger partial charge on any atom is 0.419 e. The number of rotatable bonds is 7. The van der Waals surface area contributed by atoms with Gasteiger partial charge < -0.3 is 10.2 Å². The summed E-state index contributed by atoms with van der Waals surface area (Å²) in [5, 5.41) is 2.48. The second-order valence-electron chi connectivity index (χ2n) is 9.18. The third-order valence-corrected chi connectivity index (χ3v) is 6.66. The van der Waals surface area contributed by atoms with Crippen LogP contribution in [0.1, 0.15) is 50.5 Å². The standard InChI is InChI=1S/C23H30F7N3O/c24-21-18(23(28,29)30)4-1-5-19(21)33-13-11-32(12-14-33)10-2-3-16-6-8-17(9-7-16)31-20(34)15-22(25,26)27/h1,4-5,16-17H,2-3,6-15H2,(H,31,34). The first-order chi connectivity index (χ1) is 15.9. The fraction of sp³-hybridized carbons (Fsp3) is 0.696. The maximum absolute atomic E-state index is 14.4. The van der Waals surface area contributed by atoms with Crippen molar-refractivity contribution >= 4 is 11.6 Å². The number of amides is 1. The summed E-state index contributed by atoms with van der Waals surface area (Å²) < 4.78 is 90.1. The molecule has 11 heteroatoms. The number of benzene rings is 1. The van der Waals surface area contributed by atoms with Crippen molar-refractivity contribution in [1.29, 1.82) is 0 Å². The molecule has 1 amide bonds. The Morgan fingerprint density at radius 2 is 1.62 bits per heavy atom. The van der Waals surface area contributed by atoms with Crippen LogP contribution >= 0.6 is 0 Å². The van der Waals surface area contributed by atoms with E-state index in [0.717, 1.165) is 38.3 Å². The normalized spacial score (nSPS) is 22.6. The van der Waals surface area contributed by atoms with Crippen LogP contribution in [0.15, 0.2) is 18.2 Å². The molecule has 1 aromatic carbocycles. The molecule has 34 heavy (non-hydrogen) atoms. The highest BCUT2D eigenvalue weighted by Crippen LogP contribution is 2.35. The summed E-state index contributed by atoms with van der Waals surface area (Å²) in [5.41, 5.74) is -1.27. The van der Waals surface area contributed by atoms with Crippen LogP contribution in [0.3, 0.4) is 0 Å². The highest BCUT2D eigenvalue weighted by atomic mass is 19.4. The number of halogens is 7. The summed E-state index contributed by atoms with van der Waals surface area (Å²) in [6, 6.07) is 3.15. The monoisotopic (exact) mass is 497 g/mol. The molecule has 1 saturated heterocycles. The van der Waals surface area contributed by atoms with Gasteiger partial charge in [-0.05, 0) is 63.1 Å². The van der Waals surface area contributed by atoms with E-state index in [2.05, 4.69) is 10.2 Å². The summed E-state index contributed by atoms with van der Waals surface area (Å²) >= 11 is 0. The zero-order chi connectivity index (χ0) is 24.9. The Kier molecular flexibility index (Phi) is 8.70. The van der Waals surface area contributed by atoms with Crippen LogP contribution in [0.2, 0.25) is 0 Å². The first-order valence-corrected chi connectivity index (χ1v) is 11.6. The Hall–Kier alpha value is -2.04. The van der Waals surface area contributed by atoms with E-state index in [-0.39, 0.29) is 11.7 Å². The molecule has 1 saturated carbocycles. The summed E-state index contributed by atoms with van der Waals surface area (Å²) in [5.74, 6) is -1.73. The number of hydrogen-bond acceptors (Lipinski definition) is 3. The molecule has 3 rings (SSSR count). The molecule has 0 bridgehead atoms. The van der Waals surface area contributed by atoms with E-state index in [1.165, 1.54) is 12.1 Å². The molecule has 2 fully saturated rings. The molecule has 1 aromatic rings. The molecule has 2 aliphatic rings. The molecular weight excluding hydrogens is 467 g/mol. The van der Waals surface area contributed by atoms with Crippen molar-refractivity contribution in [1.82, 2.24) is 10.2 Å². The largest absolute Gasteiger partial charge is 0.419 e. The molecule has 1 heterocycles. The average Bonchev–Trinajstić information content (AvgIpc) is 2.73. The number of piperazine rings is 1. The average molecular weight is 497 g/mol. The van der Waals surface area contributed by atoms with Crippen molar-refractivity contribution in [2.24, 2.45) is 5.92 Å². The predicted octanol–water partition coefficient (Wildman–Crippen LogP) is 5.37. The van der Waals surface area contributed by atoms with Gasteiger partial charge in [-0.25, -0.2) is 4.39 Å². The van der Waals surface area contributed by atoms with E-state index in [1.807, 2.05) is 0 Å². The SMILES string of the molecule is O=C(CC(F)(F)F)NC1CCC(CCCN2CCN(c3cccc(C(F)(F)F)c3F)CC2)CC1. The molecule has 192 valence electrons. The Morgan fingerprint density at radius 1 is 0.971 bits per heavy atom. The van der Waals surface area contributed by atoms with Gasteiger partial charge >= 0.3 is 12.4 Å². The van der Waals surface area contributed by atoms with E-state index in [1.54, 1.807) is 4.90 Å². The lowest BCUT2D eigenvalue weighted by atomic mass is 9.83. The highest BCUT2D eigenvalue weighted by Gasteiger charge is 2.36. The lowest BCUT2D eigenvalue weighted by Crippen LogP contribution is -2.47. The quantitative estimate of drug-likeness (QED) is 0.515. The summed E-state index contributed by atoms with van der Waals surface area (Å²) in [7, 11) is 0. The number of carbonyl (C=O) groups is 1. The van der Waals surface area contributed by atoms with Gasteiger partial charge in [-0.1, -0.05) is 6.07 Å². The third-order valence-electron chi connectivity index (χ3n) is 6.66. The van der Waals surface area contributed by atoms with Gasteiger partial charge in [0.05, 0.1) is 11.3 Å². The van der Waals surface area contributed by atoms with Crippen LogP contribution in [0, 0.1) is 11.7 Å². The van der Waals surface area contributed by atoms with Gasteiger partial charge in [0.1, 0.15) is 6.42 Å². The molecular formula is C23H30F7N3O. The van der Waals surface area contributed by atoms with Crippen molar-refractivity contribution in [2.75, 3.05) is 37.6 Å². The van der Waals surface area contributed by atoms with E-state index in [4.69, 9.17) is 0 Å². The first kappa shape index (κ1) is 26.6. The van der Waals surface area contributed by atoms with Crippen molar-refractivity contribution in [2.45, 2.75) is 63.3 Å².